The number of ether oxygens (including phenoxy) is 1. The van der Waals surface area contributed by atoms with E-state index in [-0.39, 0.29) is 5.69 Å². The van der Waals surface area contributed by atoms with E-state index in [0.717, 1.165) is 51.1 Å². The van der Waals surface area contributed by atoms with Crippen molar-refractivity contribution in [3.8, 4) is 5.69 Å². The Bertz CT molecular complexity index is 1100. The van der Waals surface area contributed by atoms with Crippen molar-refractivity contribution in [2.24, 2.45) is 0 Å². The molecule has 0 saturated carbocycles. The molecular formula is C24H28F2N6O. The van der Waals surface area contributed by atoms with Gasteiger partial charge < -0.3 is 15.0 Å². The van der Waals surface area contributed by atoms with Crippen LogP contribution in [0.15, 0.2) is 42.7 Å². The zero-order valence-electron chi connectivity index (χ0n) is 18.8. The fraction of sp³-hybridized carbons (Fsp3) is 0.417. The van der Waals surface area contributed by atoms with Crippen LogP contribution in [-0.2, 0) is 4.74 Å². The van der Waals surface area contributed by atoms with Gasteiger partial charge in [0.2, 0.25) is 5.95 Å². The highest BCUT2D eigenvalue weighted by molar-refractivity contribution is 5.64. The summed E-state index contributed by atoms with van der Waals surface area (Å²) in [6.45, 7) is 10.0. The third-order valence-corrected chi connectivity index (χ3v) is 6.28. The third kappa shape index (κ3) is 4.84. The van der Waals surface area contributed by atoms with Gasteiger partial charge in [0, 0.05) is 43.6 Å². The molecule has 9 heteroatoms. The van der Waals surface area contributed by atoms with Gasteiger partial charge >= 0.3 is 0 Å². The van der Waals surface area contributed by atoms with Gasteiger partial charge in [-0.1, -0.05) is 13.8 Å². The number of benzene rings is 2. The third-order valence-electron chi connectivity index (χ3n) is 6.28. The lowest BCUT2D eigenvalue weighted by atomic mass is 10.0. The topological polar surface area (TPSA) is 58.5 Å². The quantitative estimate of drug-likeness (QED) is 0.609. The van der Waals surface area contributed by atoms with Gasteiger partial charge in [-0.25, -0.2) is 13.5 Å². The van der Waals surface area contributed by atoms with E-state index >= 15 is 0 Å². The van der Waals surface area contributed by atoms with E-state index in [9.17, 15) is 8.78 Å². The number of nitrogens with one attached hydrogen (secondary N) is 1. The Morgan fingerprint density at radius 3 is 2.30 bits per heavy atom. The molecule has 2 fully saturated rings. The van der Waals surface area contributed by atoms with Gasteiger partial charge in [0.25, 0.3) is 0 Å². The number of hydrogen-bond acceptors (Lipinski definition) is 6. The molecule has 0 spiro atoms. The second-order valence-electron chi connectivity index (χ2n) is 8.95. The molecule has 2 saturated heterocycles. The Balaban J connectivity index is 1.34. The van der Waals surface area contributed by atoms with Crippen molar-refractivity contribution in [1.29, 1.82) is 0 Å². The first-order valence-electron chi connectivity index (χ1n) is 11.3. The average Bonchev–Trinajstić information content (AvgIpc) is 3.21. The number of anilines is 3. The molecule has 2 aliphatic rings. The molecule has 7 nitrogen and oxygen atoms in total. The van der Waals surface area contributed by atoms with E-state index in [1.54, 1.807) is 0 Å². The van der Waals surface area contributed by atoms with Crippen molar-refractivity contribution >= 4 is 17.3 Å². The van der Waals surface area contributed by atoms with Crippen LogP contribution in [0, 0.1) is 11.6 Å². The molecule has 33 heavy (non-hydrogen) atoms. The maximum atomic E-state index is 13.6. The summed E-state index contributed by atoms with van der Waals surface area (Å²) in [4.78, 5) is 9.20. The molecule has 0 bridgehead atoms. The molecule has 5 rings (SSSR count). The molecule has 0 aliphatic carbocycles. The van der Waals surface area contributed by atoms with Gasteiger partial charge in [-0.3, -0.25) is 4.90 Å². The van der Waals surface area contributed by atoms with Crippen LogP contribution in [0.25, 0.3) is 5.69 Å². The Morgan fingerprint density at radius 2 is 1.67 bits per heavy atom. The monoisotopic (exact) mass is 454 g/mol. The Kier molecular flexibility index (Phi) is 5.99. The second kappa shape index (κ2) is 9.07. The molecule has 3 aromatic rings. The summed E-state index contributed by atoms with van der Waals surface area (Å²) in [5.74, 6) is -0.593. The normalized spacial score (nSPS) is 17.4. The molecular weight excluding hydrogens is 426 g/mol. The fourth-order valence-electron chi connectivity index (χ4n) is 4.25. The van der Waals surface area contributed by atoms with Crippen molar-refractivity contribution in [1.82, 2.24) is 19.7 Å². The lowest BCUT2D eigenvalue weighted by molar-refractivity contribution is -0.0660. The van der Waals surface area contributed by atoms with E-state index in [1.165, 1.54) is 34.4 Å². The average molecular weight is 455 g/mol. The molecule has 0 unspecified atom stereocenters. The van der Waals surface area contributed by atoms with Gasteiger partial charge in [0.15, 0.2) is 0 Å². The number of piperazine rings is 1. The van der Waals surface area contributed by atoms with Gasteiger partial charge in [-0.15, -0.1) is 5.10 Å². The summed E-state index contributed by atoms with van der Waals surface area (Å²) >= 11 is 0. The lowest BCUT2D eigenvalue weighted by Crippen LogP contribution is -2.56. The van der Waals surface area contributed by atoms with Gasteiger partial charge in [0.1, 0.15) is 18.0 Å². The fourth-order valence-corrected chi connectivity index (χ4v) is 4.25. The first-order valence-corrected chi connectivity index (χ1v) is 11.3. The molecule has 3 heterocycles. The number of aromatic nitrogens is 3. The highest BCUT2D eigenvalue weighted by atomic mass is 19.1. The number of hydrogen-bond donors (Lipinski definition) is 1. The van der Waals surface area contributed by atoms with Crippen LogP contribution in [0.4, 0.5) is 26.1 Å². The van der Waals surface area contributed by atoms with Crippen molar-refractivity contribution in [2.75, 3.05) is 49.6 Å². The van der Waals surface area contributed by atoms with Crippen LogP contribution in [0.2, 0.25) is 0 Å². The van der Waals surface area contributed by atoms with Crippen LogP contribution >= 0.6 is 0 Å². The van der Waals surface area contributed by atoms with Crippen molar-refractivity contribution < 1.29 is 13.5 Å². The van der Waals surface area contributed by atoms with Gasteiger partial charge in [-0.05, 0) is 41.8 Å². The van der Waals surface area contributed by atoms with Crippen molar-refractivity contribution in [2.45, 2.75) is 25.8 Å². The van der Waals surface area contributed by atoms with E-state index in [0.29, 0.717) is 17.9 Å². The Morgan fingerprint density at radius 1 is 0.939 bits per heavy atom. The zero-order chi connectivity index (χ0) is 22.9. The van der Waals surface area contributed by atoms with Crippen LogP contribution in [-0.4, -0.2) is 65.1 Å². The first-order chi connectivity index (χ1) is 15.9. The minimum Gasteiger partial charge on any atom is -0.378 e. The Labute approximate surface area is 192 Å². The van der Waals surface area contributed by atoms with Crippen LogP contribution in [0.5, 0.6) is 0 Å². The van der Waals surface area contributed by atoms with Crippen LogP contribution in [0.3, 0.4) is 0 Å². The molecule has 0 amide bonds. The van der Waals surface area contributed by atoms with Gasteiger partial charge in [0.05, 0.1) is 24.9 Å². The number of nitrogens with zero attached hydrogens (tertiary/aromatic N) is 5. The minimum atomic E-state index is -0.658. The molecule has 0 atom stereocenters. The van der Waals surface area contributed by atoms with E-state index in [2.05, 4.69) is 57.2 Å². The molecule has 0 radical (unpaired) electrons. The first kappa shape index (κ1) is 21.8. The summed E-state index contributed by atoms with van der Waals surface area (Å²) in [7, 11) is 0. The summed E-state index contributed by atoms with van der Waals surface area (Å²) in [6.07, 6.45) is 1.44. The van der Waals surface area contributed by atoms with Crippen molar-refractivity contribution in [3.05, 3.63) is 59.9 Å². The lowest BCUT2D eigenvalue weighted by Gasteiger charge is -2.43. The highest BCUT2D eigenvalue weighted by Gasteiger charge is 2.29. The predicted molar refractivity (Wildman–Crippen MR) is 123 cm³/mol. The van der Waals surface area contributed by atoms with E-state index in [4.69, 9.17) is 4.74 Å². The minimum absolute atomic E-state index is 0.277. The van der Waals surface area contributed by atoms with Gasteiger partial charge in [-0.2, -0.15) is 4.98 Å². The smallest absolute Gasteiger partial charge is 0.246 e. The second-order valence-corrected chi connectivity index (χ2v) is 8.95. The maximum Gasteiger partial charge on any atom is 0.246 e. The van der Waals surface area contributed by atoms with Crippen molar-refractivity contribution in [3.63, 3.8) is 0 Å². The maximum absolute atomic E-state index is 13.6. The summed E-state index contributed by atoms with van der Waals surface area (Å²) in [5, 5.41) is 7.61. The molecule has 174 valence electrons. The standard InChI is InChI=1S/C24H28F2N6O/c1-16(2)17-7-20(12-21(8-17)30-3-5-31(6-4-30)23-13-33-14-23)28-24-27-15-32(29-24)22-10-18(25)9-19(26)11-22/h7-12,15-16,23H,3-6,13-14H2,1-2H3,(H,28,29). The number of halogens is 2. The molecule has 2 aliphatic heterocycles. The molecule has 1 aromatic heterocycles. The Hall–Kier alpha value is -3.04. The largest absolute Gasteiger partial charge is 0.378 e. The summed E-state index contributed by atoms with van der Waals surface area (Å²) in [6, 6.07) is 10.3. The van der Waals surface area contributed by atoms with E-state index < -0.39 is 11.6 Å². The zero-order valence-corrected chi connectivity index (χ0v) is 18.8. The van der Waals surface area contributed by atoms with Crippen LogP contribution < -0.4 is 10.2 Å². The molecule has 1 N–H and O–H groups in total. The van der Waals surface area contributed by atoms with Crippen LogP contribution in [0.1, 0.15) is 25.3 Å². The van der Waals surface area contributed by atoms with E-state index in [1.807, 2.05) is 0 Å². The summed E-state index contributed by atoms with van der Waals surface area (Å²) in [5.41, 5.74) is 3.55. The SMILES string of the molecule is CC(C)c1cc(Nc2ncn(-c3cc(F)cc(F)c3)n2)cc(N2CCN(C3COC3)CC2)c1. The predicted octanol–water partition coefficient (Wildman–Crippen LogP) is 3.93. The number of rotatable bonds is 6. The highest BCUT2D eigenvalue weighted by Crippen LogP contribution is 2.29. The summed E-state index contributed by atoms with van der Waals surface area (Å²) < 4.78 is 33.8. The molecule has 2 aromatic carbocycles.